The van der Waals surface area contributed by atoms with E-state index in [4.69, 9.17) is 10.2 Å². The molecule has 0 atom stereocenters. The van der Waals surface area contributed by atoms with E-state index >= 15 is 0 Å². The zero-order valence-corrected chi connectivity index (χ0v) is 16.8. The molecule has 0 saturated heterocycles. The molecule has 1 aliphatic carbocycles. The molecule has 0 unspecified atom stereocenters. The van der Waals surface area contributed by atoms with Gasteiger partial charge in [0.15, 0.2) is 14.0 Å². The molecule has 8 heteroatoms. The number of hydrogen-bond acceptors (Lipinski definition) is 3. The summed E-state index contributed by atoms with van der Waals surface area (Å²) in [6.45, 7) is 11.6. The van der Waals surface area contributed by atoms with Gasteiger partial charge in [0.25, 0.3) is 0 Å². The molecule has 4 nitrogen and oxygen atoms in total. The second kappa shape index (κ2) is 6.94. The fourth-order valence-electron chi connectivity index (χ4n) is 2.99. The molecular formula is C17H30F3N3OSi. The predicted molar refractivity (Wildman–Crippen MR) is 95.7 cm³/mol. The van der Waals surface area contributed by atoms with Gasteiger partial charge in [0.1, 0.15) is 5.82 Å². The van der Waals surface area contributed by atoms with Crippen LogP contribution in [0, 0.1) is 5.92 Å². The SMILES string of the molecule is CC(C)(C)[Si](C)(C)OC1CCC(Cn2nc(C(F)(F)F)cc2N)CC1. The topological polar surface area (TPSA) is 53.1 Å². The lowest BCUT2D eigenvalue weighted by molar-refractivity contribution is -0.141. The van der Waals surface area contributed by atoms with Crippen molar-refractivity contribution in [3.05, 3.63) is 11.8 Å². The molecule has 0 bridgehead atoms. The Labute approximate surface area is 149 Å². The van der Waals surface area contributed by atoms with Gasteiger partial charge in [0, 0.05) is 18.7 Å². The first-order chi connectivity index (χ1) is 11.3. The molecule has 0 aromatic carbocycles. The summed E-state index contributed by atoms with van der Waals surface area (Å²) in [4.78, 5) is 0. The monoisotopic (exact) mass is 377 g/mol. The van der Waals surface area contributed by atoms with Crippen molar-refractivity contribution in [1.29, 1.82) is 0 Å². The number of aromatic nitrogens is 2. The maximum absolute atomic E-state index is 12.7. The van der Waals surface area contributed by atoms with Gasteiger partial charge in [0.05, 0.1) is 0 Å². The van der Waals surface area contributed by atoms with Crippen LogP contribution >= 0.6 is 0 Å². The first-order valence-corrected chi connectivity index (χ1v) is 11.8. The Hall–Kier alpha value is -1.02. The molecule has 1 saturated carbocycles. The number of hydrogen-bond donors (Lipinski definition) is 1. The molecule has 25 heavy (non-hydrogen) atoms. The molecule has 1 aromatic rings. The first kappa shape index (κ1) is 20.3. The maximum Gasteiger partial charge on any atom is 0.435 e. The zero-order valence-electron chi connectivity index (χ0n) is 15.8. The van der Waals surface area contributed by atoms with Gasteiger partial charge < -0.3 is 10.2 Å². The summed E-state index contributed by atoms with van der Waals surface area (Å²) in [6.07, 6.45) is -0.430. The summed E-state index contributed by atoms with van der Waals surface area (Å²) in [5, 5.41) is 3.81. The zero-order chi connectivity index (χ0) is 19.0. The summed E-state index contributed by atoms with van der Waals surface area (Å²) >= 11 is 0. The van der Waals surface area contributed by atoms with Crippen LogP contribution in [0.15, 0.2) is 6.07 Å². The fourth-order valence-corrected chi connectivity index (χ4v) is 4.41. The minimum absolute atomic E-state index is 0.0759. The van der Waals surface area contributed by atoms with Gasteiger partial charge in [-0.3, -0.25) is 0 Å². The van der Waals surface area contributed by atoms with Crippen molar-refractivity contribution in [1.82, 2.24) is 9.78 Å². The first-order valence-electron chi connectivity index (χ1n) is 8.88. The van der Waals surface area contributed by atoms with Gasteiger partial charge >= 0.3 is 6.18 Å². The molecule has 144 valence electrons. The Morgan fingerprint density at radius 1 is 1.20 bits per heavy atom. The molecule has 0 amide bonds. The number of halogens is 3. The van der Waals surface area contributed by atoms with Crippen molar-refractivity contribution in [2.24, 2.45) is 5.92 Å². The highest BCUT2D eigenvalue weighted by Crippen LogP contribution is 2.40. The minimum Gasteiger partial charge on any atom is -0.414 e. The number of rotatable bonds is 4. The summed E-state index contributed by atoms with van der Waals surface area (Å²) in [5.74, 6) is 0.370. The highest BCUT2D eigenvalue weighted by molar-refractivity contribution is 6.74. The Balaban J connectivity index is 1.90. The average Bonchev–Trinajstić information content (AvgIpc) is 2.81. The van der Waals surface area contributed by atoms with Gasteiger partial charge in [-0.2, -0.15) is 18.3 Å². The Morgan fingerprint density at radius 2 is 1.76 bits per heavy atom. The predicted octanol–water partition coefficient (Wildman–Crippen LogP) is 5.06. The van der Waals surface area contributed by atoms with Crippen LogP contribution in [0.5, 0.6) is 0 Å². The number of anilines is 1. The lowest BCUT2D eigenvalue weighted by atomic mass is 9.87. The Kier molecular flexibility index (Phi) is 5.64. The molecule has 1 heterocycles. The molecular weight excluding hydrogens is 347 g/mol. The van der Waals surface area contributed by atoms with Crippen molar-refractivity contribution < 1.29 is 17.6 Å². The van der Waals surface area contributed by atoms with Crippen LogP contribution in [-0.2, 0) is 17.1 Å². The van der Waals surface area contributed by atoms with Gasteiger partial charge in [-0.25, -0.2) is 4.68 Å². The number of nitrogens with zero attached hydrogens (tertiary/aromatic N) is 2. The minimum atomic E-state index is -4.45. The second-order valence-electron chi connectivity index (χ2n) is 8.66. The van der Waals surface area contributed by atoms with Crippen molar-refractivity contribution in [2.75, 3.05) is 5.73 Å². The third-order valence-corrected chi connectivity index (χ3v) is 10.1. The smallest absolute Gasteiger partial charge is 0.414 e. The normalized spacial score (nSPS) is 23.0. The van der Waals surface area contributed by atoms with E-state index in [-0.39, 0.29) is 17.0 Å². The Morgan fingerprint density at radius 3 is 2.20 bits per heavy atom. The highest BCUT2D eigenvalue weighted by atomic mass is 28.4. The van der Waals surface area contributed by atoms with Crippen molar-refractivity contribution in [3.63, 3.8) is 0 Å². The van der Waals surface area contributed by atoms with Crippen LogP contribution in [0.3, 0.4) is 0 Å². The van der Waals surface area contributed by atoms with Crippen LogP contribution in [0.1, 0.15) is 52.1 Å². The van der Waals surface area contributed by atoms with E-state index in [1.54, 1.807) is 0 Å². The van der Waals surface area contributed by atoms with Crippen LogP contribution in [0.25, 0.3) is 0 Å². The molecule has 2 N–H and O–H groups in total. The van der Waals surface area contributed by atoms with Gasteiger partial charge in [0.2, 0.25) is 0 Å². The van der Waals surface area contributed by atoms with E-state index < -0.39 is 20.2 Å². The summed E-state index contributed by atoms with van der Waals surface area (Å²) in [6, 6.07) is 0.909. The van der Waals surface area contributed by atoms with Crippen LogP contribution in [-0.4, -0.2) is 24.2 Å². The van der Waals surface area contributed by atoms with Crippen LogP contribution < -0.4 is 5.73 Å². The molecule has 1 aliphatic rings. The molecule has 2 rings (SSSR count). The molecule has 1 aromatic heterocycles. The summed E-state index contributed by atoms with van der Waals surface area (Å²) < 4.78 is 45.9. The third-order valence-electron chi connectivity index (χ3n) is 5.59. The third kappa shape index (κ3) is 5.00. The van der Waals surface area contributed by atoms with E-state index in [9.17, 15) is 13.2 Å². The highest BCUT2D eigenvalue weighted by Gasteiger charge is 2.40. The fraction of sp³-hybridized carbons (Fsp3) is 0.824. The van der Waals surface area contributed by atoms with Crippen LogP contribution in [0.4, 0.5) is 19.0 Å². The van der Waals surface area contributed by atoms with Gasteiger partial charge in [-0.1, -0.05) is 20.8 Å². The largest absolute Gasteiger partial charge is 0.435 e. The number of alkyl halides is 3. The van der Waals surface area contributed by atoms with Gasteiger partial charge in [-0.05, 0) is 49.7 Å². The second-order valence-corrected chi connectivity index (χ2v) is 13.4. The van der Waals surface area contributed by atoms with Crippen molar-refractivity contribution >= 4 is 14.1 Å². The number of nitrogens with two attached hydrogens (primary N) is 1. The summed E-state index contributed by atoms with van der Waals surface area (Å²) in [7, 11) is -1.78. The molecule has 0 spiro atoms. The Bertz CT molecular complexity index is 585. The molecule has 0 aliphatic heterocycles. The van der Waals surface area contributed by atoms with E-state index in [0.29, 0.717) is 12.5 Å². The molecule has 0 radical (unpaired) electrons. The molecule has 1 fully saturated rings. The van der Waals surface area contributed by atoms with Crippen molar-refractivity contribution in [2.45, 2.75) is 83.4 Å². The van der Waals surface area contributed by atoms with Crippen LogP contribution in [0.2, 0.25) is 18.1 Å². The van der Waals surface area contributed by atoms with E-state index in [2.05, 4.69) is 39.0 Å². The summed E-state index contributed by atoms with van der Waals surface area (Å²) in [5.41, 5.74) is 4.78. The van der Waals surface area contributed by atoms with E-state index in [0.717, 1.165) is 31.7 Å². The standard InChI is InChI=1S/C17H30F3N3OSi/c1-16(2,3)25(4,5)24-13-8-6-12(7-9-13)11-23-15(21)10-14(22-23)17(18,19)20/h10,12-13H,6-9,11,21H2,1-5H3. The number of nitrogen functional groups attached to an aromatic ring is 1. The van der Waals surface area contributed by atoms with Gasteiger partial charge in [-0.15, -0.1) is 0 Å². The van der Waals surface area contributed by atoms with E-state index in [1.807, 2.05) is 0 Å². The average molecular weight is 378 g/mol. The lowest BCUT2D eigenvalue weighted by Gasteiger charge is -2.41. The lowest BCUT2D eigenvalue weighted by Crippen LogP contribution is -2.44. The maximum atomic E-state index is 12.7. The quantitative estimate of drug-likeness (QED) is 0.746. The van der Waals surface area contributed by atoms with E-state index in [1.165, 1.54) is 4.68 Å². The van der Waals surface area contributed by atoms with Crippen molar-refractivity contribution in [3.8, 4) is 0 Å².